The fraction of sp³-hybridized carbons (Fsp3) is 0.308. The summed E-state index contributed by atoms with van der Waals surface area (Å²) in [5.41, 5.74) is -1.23. The molecule has 21 heavy (non-hydrogen) atoms. The van der Waals surface area contributed by atoms with E-state index in [-0.39, 0.29) is 16.3 Å². The maximum atomic E-state index is 13.1. The number of hydrazine groups is 1. The number of rotatable bonds is 1. The zero-order valence-corrected chi connectivity index (χ0v) is 10.9. The van der Waals surface area contributed by atoms with Crippen molar-refractivity contribution >= 4 is 5.91 Å². The Kier molecular flexibility index (Phi) is 3.66. The van der Waals surface area contributed by atoms with Gasteiger partial charge in [-0.15, -0.1) is 0 Å². The van der Waals surface area contributed by atoms with Gasteiger partial charge in [-0.3, -0.25) is 10.2 Å². The third-order valence-corrected chi connectivity index (χ3v) is 3.16. The number of allylic oxidation sites excluding steroid dienone is 1. The van der Waals surface area contributed by atoms with Gasteiger partial charge in [0.15, 0.2) is 0 Å². The summed E-state index contributed by atoms with van der Waals surface area (Å²) in [5, 5.41) is 10.00. The Morgan fingerprint density at radius 2 is 1.95 bits per heavy atom. The molecule has 1 fully saturated rings. The number of halogens is 4. The van der Waals surface area contributed by atoms with E-state index in [1.165, 1.54) is 13.0 Å². The number of hydrogen-bond donors (Lipinski definition) is 2. The number of nitrogens with one attached hydrogen (secondary N) is 1. The van der Waals surface area contributed by atoms with Gasteiger partial charge < -0.3 is 5.11 Å². The molecule has 1 heterocycles. The molecule has 0 spiro atoms. The SMILES string of the molecule is CC=C1CC(O)(C(F)(F)F)N(C(=O)c2ccc(F)cc2)N1. The van der Waals surface area contributed by atoms with Gasteiger partial charge in [0.05, 0.1) is 0 Å². The van der Waals surface area contributed by atoms with Crippen molar-refractivity contribution < 1.29 is 27.5 Å². The molecule has 0 saturated carbocycles. The van der Waals surface area contributed by atoms with Crippen LogP contribution in [-0.4, -0.2) is 27.9 Å². The minimum absolute atomic E-state index is 0.0605. The van der Waals surface area contributed by atoms with Crippen LogP contribution >= 0.6 is 0 Å². The monoisotopic (exact) mass is 304 g/mol. The lowest BCUT2D eigenvalue weighted by molar-refractivity contribution is -0.299. The average molecular weight is 304 g/mol. The number of benzene rings is 1. The molecule has 0 radical (unpaired) electrons. The largest absolute Gasteiger partial charge is 0.438 e. The fourth-order valence-corrected chi connectivity index (χ4v) is 1.95. The molecule has 1 aliphatic heterocycles. The normalized spacial score (nSPS) is 24.3. The maximum absolute atomic E-state index is 13.1. The van der Waals surface area contributed by atoms with E-state index < -0.39 is 30.0 Å². The lowest BCUT2D eigenvalue weighted by Gasteiger charge is -2.33. The molecule has 2 N–H and O–H groups in total. The lowest BCUT2D eigenvalue weighted by atomic mass is 10.1. The highest BCUT2D eigenvalue weighted by atomic mass is 19.4. The second-order valence-corrected chi connectivity index (χ2v) is 4.56. The average Bonchev–Trinajstić information content (AvgIpc) is 2.77. The van der Waals surface area contributed by atoms with E-state index in [4.69, 9.17) is 0 Å². The lowest BCUT2D eigenvalue weighted by Crippen LogP contribution is -2.59. The number of amides is 1. The van der Waals surface area contributed by atoms with Crippen LogP contribution in [0.5, 0.6) is 0 Å². The maximum Gasteiger partial charge on any atom is 0.438 e. The highest BCUT2D eigenvalue weighted by molar-refractivity contribution is 5.94. The first-order chi connectivity index (χ1) is 9.69. The van der Waals surface area contributed by atoms with Crippen LogP contribution in [0.1, 0.15) is 23.7 Å². The summed E-state index contributed by atoms with van der Waals surface area (Å²) in [6.45, 7) is 1.48. The summed E-state index contributed by atoms with van der Waals surface area (Å²) in [4.78, 5) is 12.1. The predicted molar refractivity (Wildman–Crippen MR) is 65.1 cm³/mol. The molecular formula is C13H12F4N2O2. The molecule has 1 aliphatic rings. The molecule has 1 atom stereocenters. The molecule has 0 bridgehead atoms. The highest BCUT2D eigenvalue weighted by Gasteiger charge is 2.63. The summed E-state index contributed by atoms with van der Waals surface area (Å²) in [6, 6.07) is 3.99. The molecule has 0 aliphatic carbocycles. The van der Waals surface area contributed by atoms with Crippen molar-refractivity contribution in [3.8, 4) is 0 Å². The number of nitrogens with zero attached hydrogens (tertiary/aromatic N) is 1. The van der Waals surface area contributed by atoms with Gasteiger partial charge in [0.1, 0.15) is 5.82 Å². The van der Waals surface area contributed by atoms with E-state index in [9.17, 15) is 27.5 Å². The fourth-order valence-electron chi connectivity index (χ4n) is 1.95. The third-order valence-electron chi connectivity index (χ3n) is 3.16. The Hall–Kier alpha value is -2.09. The second kappa shape index (κ2) is 5.03. The molecule has 4 nitrogen and oxygen atoms in total. The Balaban J connectivity index is 2.40. The topological polar surface area (TPSA) is 52.6 Å². The van der Waals surface area contributed by atoms with Crippen molar-refractivity contribution in [2.75, 3.05) is 0 Å². The molecule has 1 saturated heterocycles. The molecule has 1 aromatic carbocycles. The van der Waals surface area contributed by atoms with Crippen LogP contribution in [0.15, 0.2) is 36.0 Å². The van der Waals surface area contributed by atoms with E-state index in [1.807, 2.05) is 0 Å². The number of aliphatic hydroxyl groups is 1. The van der Waals surface area contributed by atoms with Crippen LogP contribution < -0.4 is 5.43 Å². The molecule has 0 aromatic heterocycles. The van der Waals surface area contributed by atoms with Crippen molar-refractivity contribution in [2.24, 2.45) is 0 Å². The van der Waals surface area contributed by atoms with E-state index >= 15 is 0 Å². The standard InChI is InChI=1S/C13H12F4N2O2/c1-2-10-7-12(21,13(15,16)17)19(18-10)11(20)8-3-5-9(14)6-4-8/h2-6,18,21H,7H2,1H3. The summed E-state index contributed by atoms with van der Waals surface area (Å²) >= 11 is 0. The van der Waals surface area contributed by atoms with Crippen molar-refractivity contribution in [2.45, 2.75) is 25.2 Å². The number of hydrogen-bond acceptors (Lipinski definition) is 3. The van der Waals surface area contributed by atoms with E-state index in [0.29, 0.717) is 0 Å². The number of alkyl halides is 3. The second-order valence-electron chi connectivity index (χ2n) is 4.56. The van der Waals surface area contributed by atoms with Gasteiger partial charge in [0.2, 0.25) is 0 Å². The van der Waals surface area contributed by atoms with E-state index in [1.54, 1.807) is 0 Å². The summed E-state index contributed by atoms with van der Waals surface area (Å²) in [5.74, 6) is -1.73. The molecule has 2 rings (SSSR count). The summed E-state index contributed by atoms with van der Waals surface area (Å²) < 4.78 is 52.0. The quantitative estimate of drug-likeness (QED) is 0.783. The molecule has 1 unspecified atom stereocenters. The number of carbonyl (C=O) groups excluding carboxylic acids is 1. The van der Waals surface area contributed by atoms with Gasteiger partial charge in [-0.2, -0.15) is 13.2 Å². The van der Waals surface area contributed by atoms with Crippen LogP contribution in [0, 0.1) is 5.82 Å². The molecular weight excluding hydrogens is 292 g/mol. The Morgan fingerprint density at radius 1 is 1.38 bits per heavy atom. The number of carbonyl (C=O) groups is 1. The predicted octanol–water partition coefficient (Wildman–Crippen LogP) is 2.33. The van der Waals surface area contributed by atoms with Crippen molar-refractivity contribution in [1.82, 2.24) is 10.4 Å². The van der Waals surface area contributed by atoms with E-state index in [2.05, 4.69) is 5.43 Å². The highest BCUT2D eigenvalue weighted by Crippen LogP contribution is 2.41. The first-order valence-electron chi connectivity index (χ1n) is 6.00. The van der Waals surface area contributed by atoms with Crippen LogP contribution in [0.2, 0.25) is 0 Å². The van der Waals surface area contributed by atoms with Gasteiger partial charge in [-0.1, -0.05) is 6.08 Å². The minimum atomic E-state index is -5.04. The Morgan fingerprint density at radius 3 is 2.43 bits per heavy atom. The Labute approximate surface area is 117 Å². The zero-order valence-electron chi connectivity index (χ0n) is 10.9. The first-order valence-corrected chi connectivity index (χ1v) is 6.00. The van der Waals surface area contributed by atoms with Crippen molar-refractivity contribution in [3.63, 3.8) is 0 Å². The van der Waals surface area contributed by atoms with Gasteiger partial charge in [-0.05, 0) is 31.2 Å². The smallest absolute Gasteiger partial charge is 0.362 e. The van der Waals surface area contributed by atoms with Crippen molar-refractivity contribution in [1.29, 1.82) is 0 Å². The Bertz CT molecular complexity index is 583. The molecule has 1 aromatic rings. The minimum Gasteiger partial charge on any atom is -0.362 e. The molecule has 1 amide bonds. The molecule has 114 valence electrons. The van der Waals surface area contributed by atoms with Crippen LogP contribution in [0.4, 0.5) is 17.6 Å². The van der Waals surface area contributed by atoms with E-state index in [0.717, 1.165) is 24.3 Å². The van der Waals surface area contributed by atoms with Gasteiger partial charge >= 0.3 is 6.18 Å². The third kappa shape index (κ3) is 2.58. The van der Waals surface area contributed by atoms with Gasteiger partial charge in [0.25, 0.3) is 11.6 Å². The first kappa shape index (κ1) is 15.3. The van der Waals surface area contributed by atoms with Crippen LogP contribution in [-0.2, 0) is 0 Å². The molecule has 8 heteroatoms. The van der Waals surface area contributed by atoms with Crippen LogP contribution in [0.25, 0.3) is 0 Å². The van der Waals surface area contributed by atoms with Gasteiger partial charge in [-0.25, -0.2) is 9.40 Å². The van der Waals surface area contributed by atoms with Crippen molar-refractivity contribution in [3.05, 3.63) is 47.4 Å². The zero-order chi connectivity index (χ0) is 15.8. The summed E-state index contributed by atoms with van der Waals surface area (Å²) in [6.07, 6.45) is -4.50. The van der Waals surface area contributed by atoms with Crippen LogP contribution in [0.3, 0.4) is 0 Å². The van der Waals surface area contributed by atoms with Gasteiger partial charge in [0, 0.05) is 17.7 Å². The summed E-state index contributed by atoms with van der Waals surface area (Å²) in [7, 11) is 0.